The molecule has 3 heterocycles. The molecule has 2 fully saturated rings. The summed E-state index contributed by atoms with van der Waals surface area (Å²) >= 11 is 0. The minimum Gasteiger partial charge on any atom is -0.370 e. The van der Waals surface area contributed by atoms with Crippen molar-refractivity contribution in [1.29, 1.82) is 0 Å². The molecule has 26 nitrogen and oxygen atoms in total. The van der Waals surface area contributed by atoms with Gasteiger partial charge in [0.2, 0.25) is 59.1 Å². The summed E-state index contributed by atoms with van der Waals surface area (Å²) in [6.45, 7) is 2.73. The van der Waals surface area contributed by atoms with Crippen LogP contribution < -0.4 is 65.1 Å². The molecule has 1 aliphatic heterocycles. The number of nitrogens with one attached hydrogen (secondary N) is 11. The van der Waals surface area contributed by atoms with E-state index in [1.807, 2.05) is 24.3 Å². The van der Waals surface area contributed by atoms with E-state index in [0.29, 0.717) is 29.2 Å². The number of fused-ring (bicyclic) bond motifs is 1. The van der Waals surface area contributed by atoms with Gasteiger partial charge in [-0.25, -0.2) is 4.98 Å². The zero-order valence-corrected chi connectivity index (χ0v) is 47.1. The van der Waals surface area contributed by atoms with Crippen LogP contribution in [0.5, 0.6) is 0 Å². The molecule has 1 saturated carbocycles. The first-order chi connectivity index (χ1) is 39.8. The van der Waals surface area contributed by atoms with Crippen LogP contribution in [0.4, 0.5) is 0 Å². The molecule has 8 atom stereocenters. The highest BCUT2D eigenvalue weighted by atomic mass is 16.2. The second-order valence-electron chi connectivity index (χ2n) is 21.4. The number of H-pyrrole nitrogens is 2. The van der Waals surface area contributed by atoms with Crippen molar-refractivity contribution in [2.75, 3.05) is 13.1 Å². The van der Waals surface area contributed by atoms with Gasteiger partial charge in [-0.2, -0.15) is 0 Å². The summed E-state index contributed by atoms with van der Waals surface area (Å²) in [6, 6.07) is 5.14. The van der Waals surface area contributed by atoms with Crippen molar-refractivity contribution in [3.05, 3.63) is 90.1 Å². The normalized spacial score (nSPS) is 22.9. The molecule has 2 aromatic carbocycles. The number of benzene rings is 2. The molecule has 17 N–H and O–H groups in total. The minimum atomic E-state index is -1.61. The number of guanidine groups is 1. The van der Waals surface area contributed by atoms with Gasteiger partial charge in [-0.3, -0.25) is 52.9 Å². The number of para-hydroxylation sites is 1. The summed E-state index contributed by atoms with van der Waals surface area (Å²) in [5.41, 5.74) is 19.3. The average Bonchev–Trinajstić information content (AvgIpc) is 4.39. The van der Waals surface area contributed by atoms with E-state index in [9.17, 15) is 47.9 Å². The quantitative estimate of drug-likeness (QED) is 0.0358. The number of imidazole rings is 1. The van der Waals surface area contributed by atoms with Crippen molar-refractivity contribution in [2.24, 2.45) is 28.1 Å². The van der Waals surface area contributed by atoms with Crippen LogP contribution in [0.1, 0.15) is 114 Å². The van der Waals surface area contributed by atoms with E-state index in [2.05, 4.69) is 67.8 Å². The molecule has 6 rings (SSSR count). The Bertz CT molecular complexity index is 2890. The molecule has 83 heavy (non-hydrogen) atoms. The monoisotopic (exact) mass is 1150 g/mol. The number of aromatic amines is 2. The number of hydrogen-bond donors (Lipinski definition) is 14. The maximum absolute atomic E-state index is 14.9. The molecule has 0 radical (unpaired) electrons. The fourth-order valence-electron chi connectivity index (χ4n) is 10.3. The third-order valence-electron chi connectivity index (χ3n) is 14.8. The van der Waals surface area contributed by atoms with Gasteiger partial charge in [0, 0.05) is 68.3 Å². The minimum absolute atomic E-state index is 0.0271. The number of nitrogens with zero attached hydrogens (tertiary/aromatic N) is 2. The van der Waals surface area contributed by atoms with Crippen molar-refractivity contribution in [1.82, 2.24) is 62.8 Å². The lowest BCUT2D eigenvalue weighted by Crippen LogP contribution is -2.61. The van der Waals surface area contributed by atoms with Gasteiger partial charge < -0.3 is 75.0 Å². The molecule has 0 bridgehead atoms. The van der Waals surface area contributed by atoms with Gasteiger partial charge in [-0.1, -0.05) is 80.6 Å². The van der Waals surface area contributed by atoms with E-state index < -0.39 is 114 Å². The number of aromatic nitrogens is 3. The van der Waals surface area contributed by atoms with Crippen molar-refractivity contribution in [3.63, 3.8) is 0 Å². The lowest BCUT2D eigenvalue weighted by molar-refractivity contribution is -0.136. The number of aliphatic imine (C=N–C) groups is 1. The number of primary amides is 1. The number of hydrogen-bond acceptors (Lipinski definition) is 12. The summed E-state index contributed by atoms with van der Waals surface area (Å²) in [4.78, 5) is 154. The van der Waals surface area contributed by atoms with Crippen molar-refractivity contribution in [3.8, 4) is 0 Å². The second-order valence-corrected chi connectivity index (χ2v) is 21.4. The maximum Gasteiger partial charge on any atom is 0.243 e. The SMILES string of the molecule is CC(=O)N[C@@H](CCC1CCCCC1)C(=O)N[C@H]1CC(=O)NCCCC[C@@H](C(N)=O)NC(=O)[C@H](C)NC(=O)[C@@H](Cc2c[nH]c3ccccc23)NC(=O)[C@H](CCCN=C(N)N)NC(=O)[C@@H](Cc2ccccc2)NC(=O)[C@H](Cc2cnc[nH]2)NC1=O. The van der Waals surface area contributed by atoms with Crippen molar-refractivity contribution in [2.45, 2.75) is 165 Å². The number of nitrogens with two attached hydrogens (primary N) is 3. The lowest BCUT2D eigenvalue weighted by Gasteiger charge is -2.28. The van der Waals surface area contributed by atoms with Gasteiger partial charge in [0.1, 0.15) is 48.3 Å². The first kappa shape index (κ1) is 63.3. The highest BCUT2D eigenvalue weighted by Crippen LogP contribution is 2.28. The van der Waals surface area contributed by atoms with Crippen LogP contribution in [-0.2, 0) is 67.2 Å². The molecule has 2 aromatic heterocycles. The third kappa shape index (κ3) is 20.6. The second kappa shape index (κ2) is 32.0. The smallest absolute Gasteiger partial charge is 0.243 e. The van der Waals surface area contributed by atoms with Crippen LogP contribution in [0.25, 0.3) is 10.9 Å². The van der Waals surface area contributed by atoms with E-state index in [1.54, 1.807) is 36.5 Å². The van der Waals surface area contributed by atoms with Gasteiger partial charge in [0.05, 0.1) is 12.7 Å². The molecule has 4 aromatic rings. The summed E-state index contributed by atoms with van der Waals surface area (Å²) < 4.78 is 0. The van der Waals surface area contributed by atoms with Crippen molar-refractivity contribution < 1.29 is 47.9 Å². The topological polar surface area (TPSA) is 414 Å². The Labute approximate surface area is 481 Å². The molecule has 0 unspecified atom stereocenters. The maximum atomic E-state index is 14.9. The zero-order chi connectivity index (χ0) is 59.8. The zero-order valence-electron chi connectivity index (χ0n) is 47.1. The molecule has 448 valence electrons. The Balaban J connectivity index is 1.36. The van der Waals surface area contributed by atoms with Gasteiger partial charge in [0.15, 0.2) is 5.96 Å². The van der Waals surface area contributed by atoms with E-state index in [0.717, 1.165) is 43.0 Å². The number of amides is 10. The Morgan fingerprint density at radius 2 is 1.33 bits per heavy atom. The molecule has 1 saturated heterocycles. The van der Waals surface area contributed by atoms with Crippen LogP contribution in [0.15, 0.2) is 78.3 Å². The fraction of sp³-hybridized carbons (Fsp3) is 0.509. The molecule has 1 aliphatic carbocycles. The fourth-order valence-corrected chi connectivity index (χ4v) is 10.3. The average molecular weight is 1150 g/mol. The highest BCUT2D eigenvalue weighted by molar-refractivity contribution is 5.99. The Kier molecular flexibility index (Phi) is 24.4. The van der Waals surface area contributed by atoms with Crippen LogP contribution in [0, 0.1) is 5.92 Å². The first-order valence-electron chi connectivity index (χ1n) is 28.4. The van der Waals surface area contributed by atoms with E-state index in [4.69, 9.17) is 17.2 Å². The third-order valence-corrected chi connectivity index (χ3v) is 14.8. The summed E-state index contributed by atoms with van der Waals surface area (Å²) in [7, 11) is 0. The summed E-state index contributed by atoms with van der Waals surface area (Å²) in [5, 5.41) is 25.1. The van der Waals surface area contributed by atoms with E-state index in [-0.39, 0.29) is 76.8 Å². The highest BCUT2D eigenvalue weighted by Gasteiger charge is 2.36. The van der Waals surface area contributed by atoms with Crippen LogP contribution in [0.3, 0.4) is 0 Å². The van der Waals surface area contributed by atoms with Crippen LogP contribution in [-0.4, -0.2) is 141 Å². The predicted molar refractivity (Wildman–Crippen MR) is 308 cm³/mol. The van der Waals surface area contributed by atoms with Gasteiger partial charge in [-0.05, 0) is 75.0 Å². The molecular formula is C57H80N16O10. The summed E-state index contributed by atoms with van der Waals surface area (Å²) in [5.74, 6) is -7.67. The Morgan fingerprint density at radius 1 is 0.687 bits per heavy atom. The number of rotatable bonds is 17. The predicted octanol–water partition coefficient (Wildman–Crippen LogP) is -0.573. The van der Waals surface area contributed by atoms with E-state index in [1.165, 1.54) is 26.4 Å². The molecule has 10 amide bonds. The van der Waals surface area contributed by atoms with Crippen molar-refractivity contribution >= 4 is 75.9 Å². The van der Waals surface area contributed by atoms with Gasteiger partial charge in [0.25, 0.3) is 0 Å². The van der Waals surface area contributed by atoms with Crippen LogP contribution in [0.2, 0.25) is 0 Å². The molecule has 0 spiro atoms. The van der Waals surface area contributed by atoms with Crippen LogP contribution >= 0.6 is 0 Å². The molecular weight excluding hydrogens is 1070 g/mol. The number of carbonyl (C=O) groups is 10. The summed E-state index contributed by atoms with van der Waals surface area (Å²) in [6.07, 6.45) is 10.1. The standard InChI is InChI=1S/C57H80N16O10/c1-33-50(77)68-41(49(58)76)20-11-12-24-62-48(75)29-47(73-52(79)43(67-34(2)74)23-22-35-14-5-3-6-15-35)56(83)72-46(28-38-31-61-32-65-38)55(82)70-44(26-36-16-7-4-8-17-36)54(81)69-42(21-13-25-63-57(59)60)51(78)71-45(53(80)66-33)27-37-30-64-40-19-10-9-18-39(37)40/h4,7-10,16-19,30-33,35,41-47,64H,3,5-6,11-15,20-29H2,1-2H3,(H2,58,76)(H,61,65)(H,62,75)(H,66,80)(H,67,74)(H,68,77)(H,69,81)(H,70,82)(H,71,78)(H,72,83)(H,73,79)(H4,59,60,63)/t33-,41-,42-,43-,44+,45+,46-,47-/m0/s1. The first-order valence-corrected chi connectivity index (χ1v) is 28.4. The van der Waals surface area contributed by atoms with Gasteiger partial charge in [-0.15, -0.1) is 0 Å². The number of carbonyl (C=O) groups excluding carboxylic acids is 10. The van der Waals surface area contributed by atoms with Gasteiger partial charge >= 0.3 is 0 Å². The van der Waals surface area contributed by atoms with E-state index >= 15 is 0 Å². The largest absolute Gasteiger partial charge is 0.370 e. The lowest BCUT2D eigenvalue weighted by atomic mass is 9.85. The molecule has 2 aliphatic rings. The molecule has 26 heteroatoms. The Morgan fingerprint density at radius 3 is 2.01 bits per heavy atom. The Hall–Kier alpha value is -8.84.